The molecule has 1 aromatic heterocycles. The summed E-state index contributed by atoms with van der Waals surface area (Å²) in [6, 6.07) is 19.5. The zero-order valence-electron chi connectivity index (χ0n) is 17.1. The summed E-state index contributed by atoms with van der Waals surface area (Å²) in [5, 5.41) is 13.2. The van der Waals surface area contributed by atoms with Crippen LogP contribution in [0.5, 0.6) is 0 Å². The van der Waals surface area contributed by atoms with Crippen molar-refractivity contribution in [3.63, 3.8) is 0 Å². The lowest BCUT2D eigenvalue weighted by atomic mass is 9.95. The van der Waals surface area contributed by atoms with Crippen LogP contribution in [0.4, 0.5) is 0 Å². The molecular formula is C25H27NO2S. The van der Waals surface area contributed by atoms with Gasteiger partial charge in [-0.15, -0.1) is 0 Å². The van der Waals surface area contributed by atoms with Gasteiger partial charge in [-0.25, -0.2) is 0 Å². The van der Waals surface area contributed by atoms with Crippen molar-refractivity contribution in [2.75, 3.05) is 20.1 Å². The van der Waals surface area contributed by atoms with Gasteiger partial charge in [0.2, 0.25) is 0 Å². The molecule has 0 fully saturated rings. The van der Waals surface area contributed by atoms with Gasteiger partial charge in [0.05, 0.1) is 6.54 Å². The van der Waals surface area contributed by atoms with Crippen LogP contribution in [0.3, 0.4) is 0 Å². The highest BCUT2D eigenvalue weighted by Gasteiger charge is 2.09. The molecule has 0 bridgehead atoms. The molecule has 29 heavy (non-hydrogen) atoms. The maximum atomic E-state index is 10.9. The van der Waals surface area contributed by atoms with E-state index in [1.54, 1.807) is 16.2 Å². The highest BCUT2D eigenvalue weighted by atomic mass is 32.1. The molecule has 3 aromatic rings. The number of hydrogen-bond acceptors (Lipinski definition) is 3. The molecule has 0 aliphatic carbocycles. The Labute approximate surface area is 176 Å². The first-order valence-electron chi connectivity index (χ1n) is 9.78. The van der Waals surface area contributed by atoms with E-state index in [0.717, 1.165) is 16.7 Å². The Morgan fingerprint density at radius 1 is 1.00 bits per heavy atom. The normalized spacial score (nSPS) is 12.0. The van der Waals surface area contributed by atoms with Crippen molar-refractivity contribution in [3.05, 3.63) is 88.1 Å². The smallest absolute Gasteiger partial charge is 0.317 e. The van der Waals surface area contributed by atoms with Crippen molar-refractivity contribution in [2.45, 2.75) is 19.8 Å². The minimum atomic E-state index is -0.814. The fourth-order valence-corrected chi connectivity index (χ4v) is 3.92. The van der Waals surface area contributed by atoms with E-state index >= 15 is 0 Å². The quantitative estimate of drug-likeness (QED) is 0.501. The summed E-state index contributed by atoms with van der Waals surface area (Å²) in [7, 11) is 1.82. The minimum absolute atomic E-state index is 0.0265. The number of carbonyl (C=O) groups is 1. The van der Waals surface area contributed by atoms with Gasteiger partial charge in [0.1, 0.15) is 0 Å². The SMILES string of the molecule is CC(C)c1ccc(-c2ccc(/C(=C/CN(C)CC(=O)O)c3ccsc3)cc2)cc1. The van der Waals surface area contributed by atoms with E-state index in [2.05, 4.69) is 85.3 Å². The molecule has 2 aromatic carbocycles. The molecule has 1 N–H and O–H groups in total. The molecule has 0 aliphatic heterocycles. The maximum absolute atomic E-state index is 10.9. The summed E-state index contributed by atoms with van der Waals surface area (Å²) in [4.78, 5) is 12.7. The lowest BCUT2D eigenvalue weighted by Gasteiger charge is -2.14. The zero-order valence-corrected chi connectivity index (χ0v) is 17.9. The average molecular weight is 406 g/mol. The zero-order chi connectivity index (χ0) is 20.8. The molecule has 0 aliphatic rings. The number of carboxylic acids is 1. The first kappa shape index (κ1) is 21.0. The van der Waals surface area contributed by atoms with Crippen LogP contribution in [-0.2, 0) is 4.79 Å². The van der Waals surface area contributed by atoms with Gasteiger partial charge >= 0.3 is 5.97 Å². The second kappa shape index (κ2) is 9.68. The van der Waals surface area contributed by atoms with Crippen molar-refractivity contribution in [1.82, 2.24) is 4.90 Å². The third-order valence-electron chi connectivity index (χ3n) is 4.95. The summed E-state index contributed by atoms with van der Waals surface area (Å²) in [6.45, 7) is 5.01. The summed E-state index contributed by atoms with van der Waals surface area (Å²) >= 11 is 1.66. The molecule has 4 heteroatoms. The van der Waals surface area contributed by atoms with Crippen molar-refractivity contribution in [3.8, 4) is 11.1 Å². The van der Waals surface area contributed by atoms with E-state index in [-0.39, 0.29) is 6.54 Å². The van der Waals surface area contributed by atoms with Gasteiger partial charge in [0.15, 0.2) is 0 Å². The number of hydrogen-bond donors (Lipinski definition) is 1. The van der Waals surface area contributed by atoms with Crippen LogP contribution < -0.4 is 0 Å². The lowest BCUT2D eigenvalue weighted by molar-refractivity contribution is -0.137. The van der Waals surface area contributed by atoms with Crippen molar-refractivity contribution in [1.29, 1.82) is 0 Å². The van der Waals surface area contributed by atoms with E-state index in [1.165, 1.54) is 16.7 Å². The molecule has 3 nitrogen and oxygen atoms in total. The Bertz CT molecular complexity index is 955. The summed E-state index contributed by atoms with van der Waals surface area (Å²) in [5.41, 5.74) is 7.17. The van der Waals surface area contributed by atoms with Gasteiger partial charge in [-0.1, -0.05) is 68.5 Å². The van der Waals surface area contributed by atoms with E-state index in [1.807, 2.05) is 7.05 Å². The highest BCUT2D eigenvalue weighted by Crippen LogP contribution is 2.28. The first-order chi connectivity index (χ1) is 13.9. The molecular weight excluding hydrogens is 378 g/mol. The van der Waals surface area contributed by atoms with Gasteiger partial charge in [-0.05, 0) is 63.2 Å². The number of rotatable bonds is 8. The Morgan fingerprint density at radius 3 is 2.14 bits per heavy atom. The molecule has 0 radical (unpaired) electrons. The molecule has 150 valence electrons. The fraction of sp³-hybridized carbons (Fsp3) is 0.240. The molecule has 0 unspecified atom stereocenters. The summed E-state index contributed by atoms with van der Waals surface area (Å²) in [5.74, 6) is -0.283. The van der Waals surface area contributed by atoms with Gasteiger partial charge < -0.3 is 5.11 Å². The third kappa shape index (κ3) is 5.66. The maximum Gasteiger partial charge on any atom is 0.317 e. The average Bonchev–Trinajstić information content (AvgIpc) is 3.23. The predicted molar refractivity (Wildman–Crippen MR) is 122 cm³/mol. The summed E-state index contributed by atoms with van der Waals surface area (Å²) < 4.78 is 0. The molecule has 0 saturated carbocycles. The standard InChI is InChI=1S/C25H27NO2S/c1-18(2)19-4-6-20(7-5-19)21-8-10-22(11-9-21)24(23-13-15-29-17-23)12-14-26(3)16-25(27)28/h4-13,15,17-18H,14,16H2,1-3H3,(H,27,28)/b24-12-. The van der Waals surface area contributed by atoms with Crippen molar-refractivity contribution >= 4 is 22.9 Å². The van der Waals surface area contributed by atoms with Gasteiger partial charge in [-0.2, -0.15) is 11.3 Å². The third-order valence-corrected chi connectivity index (χ3v) is 5.63. The van der Waals surface area contributed by atoms with Crippen LogP contribution in [0.15, 0.2) is 71.4 Å². The lowest BCUT2D eigenvalue weighted by Crippen LogP contribution is -2.25. The van der Waals surface area contributed by atoms with E-state index in [9.17, 15) is 4.79 Å². The number of likely N-dealkylation sites (N-methyl/N-ethyl adjacent to an activating group) is 1. The second-order valence-electron chi connectivity index (χ2n) is 7.57. The topological polar surface area (TPSA) is 40.5 Å². The van der Waals surface area contributed by atoms with E-state index < -0.39 is 5.97 Å². The second-order valence-corrected chi connectivity index (χ2v) is 8.35. The van der Waals surface area contributed by atoms with Crippen LogP contribution >= 0.6 is 11.3 Å². The number of benzene rings is 2. The van der Waals surface area contributed by atoms with Crippen LogP contribution in [0.2, 0.25) is 0 Å². The molecule has 0 atom stereocenters. The minimum Gasteiger partial charge on any atom is -0.480 e. The number of nitrogens with zero attached hydrogens (tertiary/aromatic N) is 1. The Kier molecular flexibility index (Phi) is 7.02. The Morgan fingerprint density at radius 2 is 1.62 bits per heavy atom. The number of aliphatic carboxylic acids is 1. The van der Waals surface area contributed by atoms with Crippen LogP contribution in [0.25, 0.3) is 16.7 Å². The van der Waals surface area contributed by atoms with Gasteiger partial charge in [0.25, 0.3) is 0 Å². The molecule has 0 amide bonds. The van der Waals surface area contributed by atoms with Crippen molar-refractivity contribution < 1.29 is 9.90 Å². The molecule has 1 heterocycles. The van der Waals surface area contributed by atoms with Gasteiger partial charge in [-0.3, -0.25) is 9.69 Å². The van der Waals surface area contributed by atoms with Crippen LogP contribution in [0.1, 0.15) is 36.5 Å². The Balaban J connectivity index is 1.84. The highest BCUT2D eigenvalue weighted by molar-refractivity contribution is 7.08. The number of carboxylic acid groups (broad SMARTS) is 1. The summed E-state index contributed by atoms with van der Waals surface area (Å²) in [6.07, 6.45) is 2.11. The van der Waals surface area contributed by atoms with Crippen LogP contribution in [-0.4, -0.2) is 36.1 Å². The largest absolute Gasteiger partial charge is 0.480 e. The predicted octanol–water partition coefficient (Wildman–Crippen LogP) is 5.99. The number of thiophene rings is 1. The monoisotopic (exact) mass is 405 g/mol. The first-order valence-corrected chi connectivity index (χ1v) is 10.7. The van der Waals surface area contributed by atoms with E-state index in [4.69, 9.17) is 5.11 Å². The van der Waals surface area contributed by atoms with Gasteiger partial charge in [0, 0.05) is 6.54 Å². The van der Waals surface area contributed by atoms with E-state index in [0.29, 0.717) is 12.5 Å². The molecule has 3 rings (SSSR count). The Hall–Kier alpha value is -2.69. The molecule has 0 spiro atoms. The molecule has 0 saturated heterocycles. The van der Waals surface area contributed by atoms with Crippen molar-refractivity contribution in [2.24, 2.45) is 0 Å². The van der Waals surface area contributed by atoms with Crippen LogP contribution in [0, 0.1) is 0 Å². The fourth-order valence-electron chi connectivity index (χ4n) is 3.27.